The van der Waals surface area contributed by atoms with E-state index in [2.05, 4.69) is 36.1 Å². The number of halogens is 2. The molecule has 0 aromatic heterocycles. The molecule has 0 atom stereocenters. The zero-order valence-corrected chi connectivity index (χ0v) is 20.1. The molecule has 4 rings (SSSR count). The maximum absolute atomic E-state index is 13.4. The van der Waals surface area contributed by atoms with E-state index in [0.29, 0.717) is 5.56 Å². The van der Waals surface area contributed by atoms with Crippen molar-refractivity contribution in [2.75, 3.05) is 0 Å². The zero-order chi connectivity index (χ0) is 24.8. The third-order valence-corrected chi connectivity index (χ3v) is 7.19. The summed E-state index contributed by atoms with van der Waals surface area (Å²) in [6.45, 7) is 3.27. The maximum Gasteiger partial charge on any atom is 0.339 e. The highest BCUT2D eigenvalue weighted by molar-refractivity contribution is 7.97. The van der Waals surface area contributed by atoms with Crippen molar-refractivity contribution < 1.29 is 18.3 Å². The number of carbonyl (C=O) groups is 1. The normalized spacial score (nSPS) is 11.0. The minimum Gasteiger partial charge on any atom is -0.443 e. The van der Waals surface area contributed by atoms with E-state index in [0.717, 1.165) is 32.9 Å². The molecule has 0 heterocycles. The fourth-order valence-corrected chi connectivity index (χ4v) is 5.57. The number of hydrogen-bond acceptors (Lipinski definition) is 2. The van der Waals surface area contributed by atoms with E-state index in [1.807, 2.05) is 54.6 Å². The molecule has 0 aliphatic rings. The molecule has 174 valence electrons. The fourth-order valence-electron chi connectivity index (χ4n) is 3.44. The Balaban J connectivity index is 1.60. The predicted octanol–water partition coefficient (Wildman–Crippen LogP) is 7.05. The van der Waals surface area contributed by atoms with E-state index in [1.54, 1.807) is 19.9 Å². The van der Waals surface area contributed by atoms with Crippen LogP contribution in [0, 0.1) is 23.5 Å². The first-order valence-electron chi connectivity index (χ1n) is 11.0. The lowest BCUT2D eigenvalue weighted by Gasteiger charge is -2.19. The molecule has 0 aliphatic heterocycles. The minimum absolute atomic E-state index is 0.170. The molecule has 4 aromatic carbocycles. The van der Waals surface area contributed by atoms with Crippen LogP contribution in [0.25, 0.3) is 0 Å². The number of benzene rings is 4. The van der Waals surface area contributed by atoms with Crippen LogP contribution < -0.4 is 0 Å². The molecule has 0 radical (unpaired) electrons. The van der Waals surface area contributed by atoms with Gasteiger partial charge in [-0.15, -0.1) is 0 Å². The topological polar surface area (TPSA) is 26.3 Å². The van der Waals surface area contributed by atoms with Gasteiger partial charge in [0.25, 0.3) is 0 Å². The van der Waals surface area contributed by atoms with Gasteiger partial charge >= 0.3 is 5.97 Å². The van der Waals surface area contributed by atoms with Crippen LogP contribution in [0.4, 0.5) is 8.78 Å². The zero-order valence-electron chi connectivity index (χ0n) is 19.3. The molecular formula is C30H23F2O2S+. The Hall–Kier alpha value is -3.88. The molecule has 0 N–H and O–H groups in total. The molecule has 2 nitrogen and oxygen atoms in total. The summed E-state index contributed by atoms with van der Waals surface area (Å²) in [6, 6.07) is 30.7. The second-order valence-corrected chi connectivity index (χ2v) is 10.3. The summed E-state index contributed by atoms with van der Waals surface area (Å²) in [4.78, 5) is 16.3. The summed E-state index contributed by atoms with van der Waals surface area (Å²) >= 11 is 0. The summed E-state index contributed by atoms with van der Waals surface area (Å²) in [7, 11) is -0.404. The minimum atomic E-state index is -1.17. The molecule has 0 unspecified atom stereocenters. The molecule has 4 aromatic rings. The third-order valence-electron chi connectivity index (χ3n) is 4.98. The van der Waals surface area contributed by atoms with Gasteiger partial charge in [-0.05, 0) is 62.4 Å². The van der Waals surface area contributed by atoms with Crippen LogP contribution in [0.2, 0.25) is 0 Å². The highest BCUT2D eigenvalue weighted by atomic mass is 32.2. The van der Waals surface area contributed by atoms with Crippen molar-refractivity contribution in [3.8, 4) is 11.8 Å². The van der Waals surface area contributed by atoms with Crippen LogP contribution in [0.15, 0.2) is 118 Å². The van der Waals surface area contributed by atoms with E-state index in [1.165, 1.54) is 0 Å². The molecule has 0 fully saturated rings. The van der Waals surface area contributed by atoms with Crippen LogP contribution in [0.1, 0.15) is 29.8 Å². The van der Waals surface area contributed by atoms with Gasteiger partial charge in [0.2, 0.25) is 0 Å². The smallest absolute Gasteiger partial charge is 0.339 e. The van der Waals surface area contributed by atoms with Crippen LogP contribution in [-0.2, 0) is 15.6 Å². The summed E-state index contributed by atoms with van der Waals surface area (Å²) in [5, 5.41) is 0. The van der Waals surface area contributed by atoms with Gasteiger partial charge in [0.05, 0.1) is 16.5 Å². The van der Waals surface area contributed by atoms with E-state index in [4.69, 9.17) is 4.74 Å². The number of ether oxygens (including phenoxy) is 1. The Morgan fingerprint density at radius 1 is 0.743 bits per heavy atom. The number of carbonyl (C=O) groups excluding carboxylic acids is 1. The molecule has 0 saturated carbocycles. The van der Waals surface area contributed by atoms with E-state index in [-0.39, 0.29) is 5.56 Å². The molecule has 0 bridgehead atoms. The molecule has 0 amide bonds. The lowest BCUT2D eigenvalue weighted by molar-refractivity contribution is 0.0204. The first-order chi connectivity index (χ1) is 16.8. The van der Waals surface area contributed by atoms with Crippen LogP contribution in [0.5, 0.6) is 0 Å². The third kappa shape index (κ3) is 6.38. The van der Waals surface area contributed by atoms with Crippen molar-refractivity contribution in [1.29, 1.82) is 0 Å². The van der Waals surface area contributed by atoms with Crippen LogP contribution >= 0.6 is 0 Å². The Kier molecular flexibility index (Phi) is 7.33. The quantitative estimate of drug-likeness (QED) is 0.172. The van der Waals surface area contributed by atoms with Gasteiger partial charge in [-0.3, -0.25) is 0 Å². The van der Waals surface area contributed by atoms with E-state index < -0.39 is 34.1 Å². The second kappa shape index (κ2) is 10.6. The lowest BCUT2D eigenvalue weighted by Crippen LogP contribution is -2.26. The van der Waals surface area contributed by atoms with Gasteiger partial charge in [-0.25, -0.2) is 13.6 Å². The first-order valence-corrected chi connectivity index (χ1v) is 12.2. The van der Waals surface area contributed by atoms with Gasteiger partial charge < -0.3 is 4.74 Å². The molecular weight excluding hydrogens is 462 g/mol. The van der Waals surface area contributed by atoms with Crippen molar-refractivity contribution >= 4 is 16.9 Å². The van der Waals surface area contributed by atoms with Crippen molar-refractivity contribution in [3.05, 3.63) is 126 Å². The Morgan fingerprint density at radius 3 is 1.86 bits per heavy atom. The lowest BCUT2D eigenvalue weighted by atomic mass is 10.1. The number of esters is 1. The highest BCUT2D eigenvalue weighted by Crippen LogP contribution is 2.31. The Bertz CT molecular complexity index is 1330. The SMILES string of the molecule is CC(C)(C#Cc1cc(F)cc(F)c1)OC(=O)c1cccc([S+](c2ccccc2)c2ccccc2)c1. The van der Waals surface area contributed by atoms with Crippen molar-refractivity contribution in [2.45, 2.75) is 34.1 Å². The summed E-state index contributed by atoms with van der Waals surface area (Å²) in [5.74, 6) is 3.53. The average Bonchev–Trinajstić information content (AvgIpc) is 2.84. The highest BCUT2D eigenvalue weighted by Gasteiger charge is 2.30. The summed E-state index contributed by atoms with van der Waals surface area (Å²) in [5.41, 5.74) is -0.599. The maximum atomic E-state index is 13.4. The molecule has 0 aliphatic carbocycles. The summed E-state index contributed by atoms with van der Waals surface area (Å²) < 4.78 is 32.5. The Labute approximate surface area is 206 Å². The van der Waals surface area contributed by atoms with Gasteiger partial charge in [0.1, 0.15) is 11.6 Å². The molecule has 5 heteroatoms. The average molecular weight is 486 g/mol. The summed E-state index contributed by atoms with van der Waals surface area (Å²) in [6.07, 6.45) is 0. The number of hydrogen-bond donors (Lipinski definition) is 0. The first kappa shape index (κ1) is 24.3. The van der Waals surface area contributed by atoms with Gasteiger partial charge in [-0.1, -0.05) is 54.3 Å². The standard InChI is InChI=1S/C30H23F2O2S/c1-30(2,17-16-22-18-24(31)21-25(32)19-22)34-29(33)23-10-9-15-28(20-23)35(26-11-5-3-6-12-26)27-13-7-4-8-14-27/h3-15,18-21H,1-2H3/q+1. The van der Waals surface area contributed by atoms with Gasteiger partial charge in [-0.2, -0.15) is 0 Å². The van der Waals surface area contributed by atoms with Crippen LogP contribution in [-0.4, -0.2) is 11.6 Å². The monoisotopic (exact) mass is 485 g/mol. The van der Waals surface area contributed by atoms with Crippen molar-refractivity contribution in [3.63, 3.8) is 0 Å². The van der Waals surface area contributed by atoms with Crippen molar-refractivity contribution in [2.24, 2.45) is 0 Å². The number of rotatable bonds is 5. The largest absolute Gasteiger partial charge is 0.443 e. The van der Waals surface area contributed by atoms with Gasteiger partial charge in [0, 0.05) is 17.7 Å². The van der Waals surface area contributed by atoms with E-state index in [9.17, 15) is 13.6 Å². The van der Waals surface area contributed by atoms with Crippen molar-refractivity contribution in [1.82, 2.24) is 0 Å². The Morgan fingerprint density at radius 2 is 1.29 bits per heavy atom. The van der Waals surface area contributed by atoms with E-state index >= 15 is 0 Å². The molecule has 35 heavy (non-hydrogen) atoms. The second-order valence-electron chi connectivity index (χ2n) is 8.27. The molecule has 0 saturated heterocycles. The van der Waals surface area contributed by atoms with Gasteiger partial charge in [0.15, 0.2) is 20.3 Å². The fraction of sp³-hybridized carbons (Fsp3) is 0.100. The van der Waals surface area contributed by atoms with Crippen LogP contribution in [0.3, 0.4) is 0 Å². The predicted molar refractivity (Wildman–Crippen MR) is 134 cm³/mol. The molecule has 0 spiro atoms.